The van der Waals surface area contributed by atoms with Gasteiger partial charge in [-0.15, -0.1) is 12.4 Å². The van der Waals surface area contributed by atoms with Gasteiger partial charge in [0.25, 0.3) is 0 Å². The Balaban J connectivity index is 0.00000144. The summed E-state index contributed by atoms with van der Waals surface area (Å²) < 4.78 is 0. The Morgan fingerprint density at radius 1 is 1.12 bits per heavy atom. The average molecular weight is 262 g/mol. The minimum atomic E-state index is 0. The first-order valence-electron chi connectivity index (χ1n) is 6.44. The van der Waals surface area contributed by atoms with Crippen molar-refractivity contribution in [2.75, 3.05) is 32.7 Å². The summed E-state index contributed by atoms with van der Waals surface area (Å²) in [6.07, 6.45) is 2.32. The molecule has 1 atom stereocenters. The molecule has 4 nitrogen and oxygen atoms in total. The third-order valence-corrected chi connectivity index (χ3v) is 3.69. The number of rotatable bonds is 0. The van der Waals surface area contributed by atoms with Gasteiger partial charge in [0.15, 0.2) is 0 Å². The number of halogens is 1. The van der Waals surface area contributed by atoms with E-state index in [0.717, 1.165) is 51.5 Å². The van der Waals surface area contributed by atoms with E-state index in [2.05, 4.69) is 19.2 Å². The number of likely N-dealkylation sites (tertiary alicyclic amines) is 1. The molecule has 0 radical (unpaired) electrons. The molecule has 0 aromatic heterocycles. The smallest absolute Gasteiger partial charge is 0.320 e. The van der Waals surface area contributed by atoms with E-state index in [0.29, 0.717) is 6.04 Å². The van der Waals surface area contributed by atoms with E-state index < -0.39 is 0 Å². The van der Waals surface area contributed by atoms with Crippen molar-refractivity contribution in [3.05, 3.63) is 0 Å². The molecule has 2 aliphatic heterocycles. The topological polar surface area (TPSA) is 35.6 Å². The minimum absolute atomic E-state index is 0. The maximum Gasteiger partial charge on any atom is 0.320 e. The summed E-state index contributed by atoms with van der Waals surface area (Å²) in [5.74, 6) is 0.783. The van der Waals surface area contributed by atoms with Gasteiger partial charge < -0.3 is 15.1 Å². The molecule has 0 saturated carbocycles. The van der Waals surface area contributed by atoms with Gasteiger partial charge in [-0.25, -0.2) is 4.79 Å². The molecule has 0 bridgehead atoms. The maximum atomic E-state index is 12.2. The molecule has 2 fully saturated rings. The Morgan fingerprint density at radius 3 is 2.35 bits per heavy atom. The predicted molar refractivity (Wildman–Crippen MR) is 71.7 cm³/mol. The lowest BCUT2D eigenvalue weighted by molar-refractivity contribution is 0.123. The number of carbonyl (C=O) groups is 1. The number of amides is 2. The van der Waals surface area contributed by atoms with Gasteiger partial charge in [0, 0.05) is 38.8 Å². The van der Waals surface area contributed by atoms with E-state index in [4.69, 9.17) is 0 Å². The predicted octanol–water partition coefficient (Wildman–Crippen LogP) is 1.55. The van der Waals surface area contributed by atoms with E-state index in [-0.39, 0.29) is 18.4 Å². The van der Waals surface area contributed by atoms with E-state index in [9.17, 15) is 4.79 Å². The van der Waals surface area contributed by atoms with Gasteiger partial charge in [0.1, 0.15) is 0 Å². The van der Waals surface area contributed by atoms with Gasteiger partial charge in [-0.2, -0.15) is 0 Å². The van der Waals surface area contributed by atoms with E-state index in [1.54, 1.807) is 0 Å². The number of urea groups is 1. The SMILES string of the molecule is CC1CCN(C(=O)N2CCN[C@H](C)C2)CC1.Cl. The molecule has 0 aromatic rings. The Bertz CT molecular complexity index is 254. The van der Waals surface area contributed by atoms with Gasteiger partial charge >= 0.3 is 6.03 Å². The van der Waals surface area contributed by atoms with E-state index >= 15 is 0 Å². The molecular formula is C12H24ClN3O. The van der Waals surface area contributed by atoms with Crippen LogP contribution in [0.25, 0.3) is 0 Å². The Morgan fingerprint density at radius 2 is 1.76 bits per heavy atom. The number of nitrogens with zero attached hydrogens (tertiary/aromatic N) is 2. The lowest BCUT2D eigenvalue weighted by Crippen LogP contribution is -2.55. The third kappa shape index (κ3) is 3.75. The summed E-state index contributed by atoms with van der Waals surface area (Å²) >= 11 is 0. The molecule has 2 heterocycles. The highest BCUT2D eigenvalue weighted by Gasteiger charge is 2.27. The fourth-order valence-electron chi connectivity index (χ4n) is 2.51. The van der Waals surface area contributed by atoms with Crippen LogP contribution in [0.2, 0.25) is 0 Å². The monoisotopic (exact) mass is 261 g/mol. The lowest BCUT2D eigenvalue weighted by atomic mass is 9.99. The summed E-state index contributed by atoms with van der Waals surface area (Å²) in [5.41, 5.74) is 0. The highest BCUT2D eigenvalue weighted by atomic mass is 35.5. The highest BCUT2D eigenvalue weighted by Crippen LogP contribution is 2.17. The van der Waals surface area contributed by atoms with Crippen LogP contribution in [0.4, 0.5) is 4.79 Å². The molecule has 0 aromatic carbocycles. The molecular weight excluding hydrogens is 238 g/mol. The standard InChI is InChI=1S/C12H23N3O.ClH/c1-10-3-6-14(7-4-10)12(16)15-8-5-13-11(2)9-15;/h10-11,13H,3-9H2,1-2H3;1H/t11-;/m1./s1. The number of hydrogen-bond donors (Lipinski definition) is 1. The summed E-state index contributed by atoms with van der Waals surface area (Å²) in [6, 6.07) is 0.682. The van der Waals surface area contributed by atoms with Crippen LogP contribution in [0.1, 0.15) is 26.7 Å². The molecule has 17 heavy (non-hydrogen) atoms. The molecule has 0 aliphatic carbocycles. The number of carbonyl (C=O) groups excluding carboxylic acids is 1. The molecule has 2 amide bonds. The molecule has 0 unspecified atom stereocenters. The van der Waals surface area contributed by atoms with Crippen molar-refractivity contribution in [2.24, 2.45) is 5.92 Å². The first-order valence-corrected chi connectivity index (χ1v) is 6.44. The zero-order chi connectivity index (χ0) is 11.5. The zero-order valence-electron chi connectivity index (χ0n) is 10.8. The number of piperazine rings is 1. The molecule has 0 spiro atoms. The number of hydrogen-bond acceptors (Lipinski definition) is 2. The van der Waals surface area contributed by atoms with Crippen molar-refractivity contribution >= 4 is 18.4 Å². The number of piperidine rings is 1. The Kier molecular flexibility index (Phi) is 5.53. The quantitative estimate of drug-likeness (QED) is 0.718. The second kappa shape index (κ2) is 6.45. The van der Waals surface area contributed by atoms with Crippen LogP contribution in [-0.2, 0) is 0 Å². The summed E-state index contributed by atoms with van der Waals surface area (Å²) in [7, 11) is 0. The zero-order valence-corrected chi connectivity index (χ0v) is 11.6. The highest BCUT2D eigenvalue weighted by molar-refractivity contribution is 5.85. The Hall–Kier alpha value is -0.480. The molecule has 2 saturated heterocycles. The van der Waals surface area contributed by atoms with Crippen LogP contribution in [0, 0.1) is 5.92 Å². The second-order valence-electron chi connectivity index (χ2n) is 5.25. The fourth-order valence-corrected chi connectivity index (χ4v) is 2.51. The third-order valence-electron chi connectivity index (χ3n) is 3.69. The van der Waals surface area contributed by atoms with Gasteiger partial charge in [0.2, 0.25) is 0 Å². The second-order valence-corrected chi connectivity index (χ2v) is 5.25. The van der Waals surface area contributed by atoms with Crippen molar-refractivity contribution in [3.63, 3.8) is 0 Å². The van der Waals surface area contributed by atoms with Crippen molar-refractivity contribution in [2.45, 2.75) is 32.7 Å². The van der Waals surface area contributed by atoms with Gasteiger partial charge in [0.05, 0.1) is 0 Å². The van der Waals surface area contributed by atoms with Crippen molar-refractivity contribution < 1.29 is 4.79 Å². The molecule has 100 valence electrons. The van der Waals surface area contributed by atoms with Crippen LogP contribution in [0.5, 0.6) is 0 Å². The van der Waals surface area contributed by atoms with Crippen LogP contribution < -0.4 is 5.32 Å². The molecule has 5 heteroatoms. The van der Waals surface area contributed by atoms with Crippen LogP contribution in [-0.4, -0.2) is 54.6 Å². The number of nitrogens with one attached hydrogen (secondary N) is 1. The normalized spacial score (nSPS) is 26.6. The average Bonchev–Trinajstić information content (AvgIpc) is 2.29. The fraction of sp³-hybridized carbons (Fsp3) is 0.917. The van der Waals surface area contributed by atoms with E-state index in [1.807, 2.05) is 9.80 Å². The van der Waals surface area contributed by atoms with Gasteiger partial charge in [-0.05, 0) is 25.7 Å². The van der Waals surface area contributed by atoms with Crippen molar-refractivity contribution in [1.29, 1.82) is 0 Å². The maximum absolute atomic E-state index is 12.2. The Labute approximate surface area is 110 Å². The van der Waals surface area contributed by atoms with Gasteiger partial charge in [-0.3, -0.25) is 0 Å². The summed E-state index contributed by atoms with van der Waals surface area (Å²) in [4.78, 5) is 16.3. The van der Waals surface area contributed by atoms with E-state index in [1.165, 1.54) is 0 Å². The van der Waals surface area contributed by atoms with Crippen molar-refractivity contribution in [1.82, 2.24) is 15.1 Å². The lowest BCUT2D eigenvalue weighted by Gasteiger charge is -2.38. The first kappa shape index (κ1) is 14.6. The molecule has 2 rings (SSSR count). The first-order chi connectivity index (χ1) is 7.66. The van der Waals surface area contributed by atoms with Crippen LogP contribution >= 0.6 is 12.4 Å². The largest absolute Gasteiger partial charge is 0.325 e. The van der Waals surface area contributed by atoms with Crippen LogP contribution in [0.15, 0.2) is 0 Å². The van der Waals surface area contributed by atoms with Crippen molar-refractivity contribution in [3.8, 4) is 0 Å². The van der Waals surface area contributed by atoms with Crippen LogP contribution in [0.3, 0.4) is 0 Å². The molecule has 1 N–H and O–H groups in total. The summed E-state index contributed by atoms with van der Waals surface area (Å²) in [5, 5.41) is 3.36. The minimum Gasteiger partial charge on any atom is -0.325 e. The summed E-state index contributed by atoms with van der Waals surface area (Å²) in [6.45, 7) is 8.93. The van der Waals surface area contributed by atoms with Gasteiger partial charge in [-0.1, -0.05) is 6.92 Å². The molecule has 2 aliphatic rings.